The highest BCUT2D eigenvalue weighted by Gasteiger charge is 2.07. The molecular formula is C12H11ClN4O. The molecule has 2 aromatic heterocycles. The maximum Gasteiger partial charge on any atom is 0.271 e. The van der Waals surface area contributed by atoms with Crippen LogP contribution in [-0.2, 0) is 6.54 Å². The Morgan fingerprint density at radius 2 is 2.17 bits per heavy atom. The van der Waals surface area contributed by atoms with Gasteiger partial charge in [0.15, 0.2) is 0 Å². The van der Waals surface area contributed by atoms with Crippen LogP contribution >= 0.6 is 11.6 Å². The van der Waals surface area contributed by atoms with Crippen LogP contribution in [0, 0.1) is 6.92 Å². The maximum atomic E-state index is 11.7. The van der Waals surface area contributed by atoms with Crippen LogP contribution in [0.1, 0.15) is 21.9 Å². The number of halogens is 1. The summed E-state index contributed by atoms with van der Waals surface area (Å²) in [6, 6.07) is 5.64. The SMILES string of the molecule is Cc1cccc(CNC(=O)c2cnc(Cl)cn2)n1. The van der Waals surface area contributed by atoms with Crippen LogP contribution in [0.2, 0.25) is 5.15 Å². The molecule has 0 aliphatic carbocycles. The fraction of sp³-hybridized carbons (Fsp3) is 0.167. The van der Waals surface area contributed by atoms with Crippen LogP contribution in [0.25, 0.3) is 0 Å². The molecule has 6 heteroatoms. The summed E-state index contributed by atoms with van der Waals surface area (Å²) in [7, 11) is 0. The molecule has 1 amide bonds. The molecular weight excluding hydrogens is 252 g/mol. The van der Waals surface area contributed by atoms with E-state index in [0.717, 1.165) is 11.4 Å². The van der Waals surface area contributed by atoms with Crippen LogP contribution < -0.4 is 5.32 Å². The van der Waals surface area contributed by atoms with Crippen LogP contribution in [-0.4, -0.2) is 20.9 Å². The van der Waals surface area contributed by atoms with Crippen molar-refractivity contribution in [1.82, 2.24) is 20.3 Å². The van der Waals surface area contributed by atoms with E-state index in [1.807, 2.05) is 25.1 Å². The second kappa shape index (κ2) is 5.55. The molecule has 0 saturated carbocycles. The van der Waals surface area contributed by atoms with E-state index in [0.29, 0.717) is 6.54 Å². The van der Waals surface area contributed by atoms with E-state index in [9.17, 15) is 4.79 Å². The Bertz CT molecular complexity index is 556. The van der Waals surface area contributed by atoms with Crippen molar-refractivity contribution in [2.24, 2.45) is 0 Å². The Kier molecular flexibility index (Phi) is 3.84. The first-order chi connectivity index (χ1) is 8.65. The molecule has 2 rings (SSSR count). The van der Waals surface area contributed by atoms with Gasteiger partial charge in [0.25, 0.3) is 5.91 Å². The smallest absolute Gasteiger partial charge is 0.271 e. The second-order valence-electron chi connectivity index (χ2n) is 3.68. The maximum absolute atomic E-state index is 11.7. The Hall–Kier alpha value is -2.01. The first kappa shape index (κ1) is 12.4. The number of carbonyl (C=O) groups is 1. The summed E-state index contributed by atoms with van der Waals surface area (Å²) in [6.07, 6.45) is 2.67. The Labute approximate surface area is 109 Å². The zero-order chi connectivity index (χ0) is 13.0. The molecule has 5 nitrogen and oxygen atoms in total. The lowest BCUT2D eigenvalue weighted by Gasteiger charge is -2.04. The van der Waals surface area contributed by atoms with Crippen molar-refractivity contribution < 1.29 is 4.79 Å². The molecule has 0 radical (unpaired) electrons. The highest BCUT2D eigenvalue weighted by atomic mass is 35.5. The first-order valence-corrected chi connectivity index (χ1v) is 5.71. The van der Waals surface area contributed by atoms with E-state index in [4.69, 9.17) is 11.6 Å². The number of nitrogens with one attached hydrogen (secondary N) is 1. The van der Waals surface area contributed by atoms with E-state index in [1.165, 1.54) is 12.4 Å². The summed E-state index contributed by atoms with van der Waals surface area (Å²) in [6.45, 7) is 2.25. The van der Waals surface area contributed by atoms with Crippen molar-refractivity contribution in [3.05, 3.63) is 52.8 Å². The number of pyridine rings is 1. The zero-order valence-electron chi connectivity index (χ0n) is 9.72. The van der Waals surface area contributed by atoms with Gasteiger partial charge < -0.3 is 5.32 Å². The van der Waals surface area contributed by atoms with Gasteiger partial charge in [0.2, 0.25) is 0 Å². The highest BCUT2D eigenvalue weighted by molar-refractivity contribution is 6.29. The fourth-order valence-electron chi connectivity index (χ4n) is 1.39. The van der Waals surface area contributed by atoms with Crippen molar-refractivity contribution in [3.63, 3.8) is 0 Å². The molecule has 0 unspecified atom stereocenters. The number of carbonyl (C=O) groups excluding carboxylic acids is 1. The molecule has 0 saturated heterocycles. The van der Waals surface area contributed by atoms with E-state index in [-0.39, 0.29) is 16.8 Å². The van der Waals surface area contributed by atoms with Crippen molar-refractivity contribution in [3.8, 4) is 0 Å². The normalized spacial score (nSPS) is 10.1. The standard InChI is InChI=1S/C12H11ClN4O/c1-8-3-2-4-9(17-8)5-16-12(18)10-6-15-11(13)7-14-10/h2-4,6-7H,5H2,1H3,(H,16,18). The molecule has 92 valence electrons. The molecule has 0 aliphatic rings. The van der Waals surface area contributed by atoms with E-state index in [2.05, 4.69) is 20.3 Å². The summed E-state index contributed by atoms with van der Waals surface area (Å²) in [5.74, 6) is -0.303. The summed E-state index contributed by atoms with van der Waals surface area (Å²) in [5, 5.41) is 2.97. The molecule has 0 spiro atoms. The molecule has 0 atom stereocenters. The van der Waals surface area contributed by atoms with Gasteiger partial charge in [-0.25, -0.2) is 9.97 Å². The second-order valence-corrected chi connectivity index (χ2v) is 4.06. The average molecular weight is 263 g/mol. The summed E-state index contributed by atoms with van der Waals surface area (Å²) in [5.41, 5.74) is 1.94. The lowest BCUT2D eigenvalue weighted by Crippen LogP contribution is -2.24. The molecule has 0 aromatic carbocycles. The van der Waals surface area contributed by atoms with Crippen LogP contribution in [0.4, 0.5) is 0 Å². The molecule has 0 fully saturated rings. The Balaban J connectivity index is 1.98. The number of hydrogen-bond donors (Lipinski definition) is 1. The van der Waals surface area contributed by atoms with E-state index < -0.39 is 0 Å². The van der Waals surface area contributed by atoms with Gasteiger partial charge in [-0.2, -0.15) is 0 Å². The van der Waals surface area contributed by atoms with Crippen molar-refractivity contribution in [1.29, 1.82) is 0 Å². The third kappa shape index (κ3) is 3.24. The summed E-state index contributed by atoms with van der Waals surface area (Å²) >= 11 is 5.59. The van der Waals surface area contributed by atoms with Gasteiger partial charge >= 0.3 is 0 Å². The number of aromatic nitrogens is 3. The van der Waals surface area contributed by atoms with Gasteiger partial charge in [-0.15, -0.1) is 0 Å². The van der Waals surface area contributed by atoms with Crippen LogP contribution in [0.3, 0.4) is 0 Å². The minimum atomic E-state index is -0.303. The predicted octanol–water partition coefficient (Wildman–Crippen LogP) is 1.76. The van der Waals surface area contributed by atoms with Crippen LogP contribution in [0.15, 0.2) is 30.6 Å². The third-order valence-corrected chi connectivity index (χ3v) is 2.42. The number of rotatable bonds is 3. The minimum absolute atomic E-state index is 0.229. The van der Waals surface area contributed by atoms with Crippen molar-refractivity contribution >= 4 is 17.5 Å². The van der Waals surface area contributed by atoms with Gasteiger partial charge in [0.1, 0.15) is 10.8 Å². The van der Waals surface area contributed by atoms with Crippen molar-refractivity contribution in [2.45, 2.75) is 13.5 Å². The summed E-state index contributed by atoms with van der Waals surface area (Å²) < 4.78 is 0. The number of hydrogen-bond acceptors (Lipinski definition) is 4. The zero-order valence-corrected chi connectivity index (χ0v) is 10.5. The van der Waals surface area contributed by atoms with Gasteiger partial charge in [0.05, 0.1) is 24.6 Å². The molecule has 0 aliphatic heterocycles. The number of amides is 1. The lowest BCUT2D eigenvalue weighted by atomic mass is 10.3. The lowest BCUT2D eigenvalue weighted by molar-refractivity contribution is 0.0945. The first-order valence-electron chi connectivity index (χ1n) is 5.33. The predicted molar refractivity (Wildman–Crippen MR) is 67.2 cm³/mol. The van der Waals surface area contributed by atoms with E-state index in [1.54, 1.807) is 0 Å². The molecule has 2 heterocycles. The Morgan fingerprint density at radius 3 is 2.83 bits per heavy atom. The monoisotopic (exact) mass is 262 g/mol. The highest BCUT2D eigenvalue weighted by Crippen LogP contribution is 2.02. The van der Waals surface area contributed by atoms with E-state index >= 15 is 0 Å². The molecule has 0 bridgehead atoms. The topological polar surface area (TPSA) is 67.8 Å². The summed E-state index contributed by atoms with van der Waals surface area (Å²) in [4.78, 5) is 23.7. The van der Waals surface area contributed by atoms with Gasteiger partial charge in [-0.05, 0) is 19.1 Å². The molecule has 18 heavy (non-hydrogen) atoms. The Morgan fingerprint density at radius 1 is 1.33 bits per heavy atom. The molecule has 2 aromatic rings. The number of aryl methyl sites for hydroxylation is 1. The molecule has 1 N–H and O–H groups in total. The minimum Gasteiger partial charge on any atom is -0.345 e. The number of nitrogens with zero attached hydrogens (tertiary/aromatic N) is 3. The average Bonchev–Trinajstić information content (AvgIpc) is 2.37. The van der Waals surface area contributed by atoms with Gasteiger partial charge in [0, 0.05) is 5.69 Å². The third-order valence-electron chi connectivity index (χ3n) is 2.23. The quantitative estimate of drug-likeness (QED) is 0.915. The van der Waals surface area contributed by atoms with Crippen molar-refractivity contribution in [2.75, 3.05) is 0 Å². The van der Waals surface area contributed by atoms with Gasteiger partial charge in [-0.1, -0.05) is 17.7 Å². The van der Waals surface area contributed by atoms with Crippen LogP contribution in [0.5, 0.6) is 0 Å². The van der Waals surface area contributed by atoms with Gasteiger partial charge in [-0.3, -0.25) is 9.78 Å². The fourth-order valence-corrected chi connectivity index (χ4v) is 1.49. The largest absolute Gasteiger partial charge is 0.345 e.